The molecule has 21 heavy (non-hydrogen) atoms. The fraction of sp³-hybridized carbons (Fsp3) is 0.200. The van der Waals surface area contributed by atoms with E-state index in [1.165, 1.54) is 11.3 Å². The average Bonchev–Trinajstić information content (AvgIpc) is 3.13. The number of ether oxygens (including phenoxy) is 1. The molecule has 2 heterocycles. The number of amides is 1. The molecule has 0 aliphatic carbocycles. The number of nitrogens with zero attached hydrogens (tertiary/aromatic N) is 1. The van der Waals surface area contributed by atoms with Crippen LogP contribution in [0.15, 0.2) is 35.7 Å². The normalized spacial score (nSPS) is 12.3. The summed E-state index contributed by atoms with van der Waals surface area (Å²) in [7, 11) is 1.58. The first-order chi connectivity index (χ1) is 10.2. The van der Waals surface area contributed by atoms with Crippen LogP contribution in [0.25, 0.3) is 11.0 Å². The van der Waals surface area contributed by atoms with Crippen molar-refractivity contribution in [2.45, 2.75) is 13.0 Å². The zero-order chi connectivity index (χ0) is 14.8. The molecule has 3 aromatic rings. The molecule has 0 bridgehead atoms. The van der Waals surface area contributed by atoms with Crippen LogP contribution in [0.5, 0.6) is 5.75 Å². The highest BCUT2D eigenvalue weighted by atomic mass is 32.1. The van der Waals surface area contributed by atoms with E-state index in [0.717, 1.165) is 16.9 Å². The van der Waals surface area contributed by atoms with Crippen molar-refractivity contribution in [3.8, 4) is 5.75 Å². The lowest BCUT2D eigenvalue weighted by Gasteiger charge is -2.10. The number of para-hydroxylation sites is 2. The molecule has 5 nitrogen and oxygen atoms in total. The number of benzene rings is 1. The molecule has 0 saturated heterocycles. The summed E-state index contributed by atoms with van der Waals surface area (Å²) in [6, 6.07) is 9.32. The van der Waals surface area contributed by atoms with Crippen molar-refractivity contribution in [1.29, 1.82) is 0 Å². The molecule has 6 heteroatoms. The van der Waals surface area contributed by atoms with E-state index in [1.54, 1.807) is 18.6 Å². The molecule has 1 atom stereocenters. The van der Waals surface area contributed by atoms with Crippen LogP contribution >= 0.6 is 11.3 Å². The van der Waals surface area contributed by atoms with Gasteiger partial charge in [0.15, 0.2) is 0 Å². The first kappa shape index (κ1) is 13.6. The second-order valence-electron chi connectivity index (χ2n) is 4.69. The molecule has 0 saturated carbocycles. The van der Waals surface area contributed by atoms with Crippen LogP contribution in [0.4, 0.5) is 0 Å². The van der Waals surface area contributed by atoms with Crippen molar-refractivity contribution in [3.05, 3.63) is 46.4 Å². The molecule has 0 radical (unpaired) electrons. The van der Waals surface area contributed by atoms with Crippen LogP contribution < -0.4 is 10.1 Å². The summed E-state index contributed by atoms with van der Waals surface area (Å²) in [5.41, 5.74) is 1.86. The maximum atomic E-state index is 12.2. The second kappa shape index (κ2) is 5.57. The summed E-state index contributed by atoms with van der Waals surface area (Å²) >= 11 is 1.36. The summed E-state index contributed by atoms with van der Waals surface area (Å²) in [5.74, 6) is 1.31. The highest BCUT2D eigenvalue weighted by Crippen LogP contribution is 2.22. The third-order valence-electron chi connectivity index (χ3n) is 3.20. The van der Waals surface area contributed by atoms with Crippen LogP contribution in [0, 0.1) is 0 Å². The molecule has 2 N–H and O–H groups in total. The minimum absolute atomic E-state index is 0.128. The number of carbonyl (C=O) groups is 1. The van der Waals surface area contributed by atoms with Gasteiger partial charge in [0.2, 0.25) is 0 Å². The van der Waals surface area contributed by atoms with Gasteiger partial charge in [-0.1, -0.05) is 12.1 Å². The summed E-state index contributed by atoms with van der Waals surface area (Å²) in [6.07, 6.45) is 0. The maximum Gasteiger partial charge on any atom is 0.262 e. The van der Waals surface area contributed by atoms with E-state index in [-0.39, 0.29) is 11.9 Å². The monoisotopic (exact) mass is 301 g/mol. The number of hydrogen-bond acceptors (Lipinski definition) is 4. The number of aromatic amines is 1. The highest BCUT2D eigenvalue weighted by molar-refractivity contribution is 7.12. The lowest BCUT2D eigenvalue weighted by molar-refractivity contribution is 0.0942. The number of imidazole rings is 1. The van der Waals surface area contributed by atoms with Crippen LogP contribution in [-0.2, 0) is 0 Å². The third-order valence-corrected chi connectivity index (χ3v) is 4.11. The molecule has 1 amide bonds. The Morgan fingerprint density at radius 3 is 2.95 bits per heavy atom. The number of aromatic nitrogens is 2. The van der Waals surface area contributed by atoms with Crippen molar-refractivity contribution in [2.75, 3.05) is 7.11 Å². The van der Waals surface area contributed by atoms with Crippen molar-refractivity contribution in [3.63, 3.8) is 0 Å². The summed E-state index contributed by atoms with van der Waals surface area (Å²) in [6.45, 7) is 1.90. The molecular weight excluding hydrogens is 286 g/mol. The SMILES string of the molecule is COc1csc(C(=O)NC(C)c2nc3ccccc3[nH]2)c1. The molecule has 1 aromatic carbocycles. The Morgan fingerprint density at radius 1 is 1.43 bits per heavy atom. The van der Waals surface area contributed by atoms with Crippen LogP contribution in [-0.4, -0.2) is 23.0 Å². The first-order valence-electron chi connectivity index (χ1n) is 6.55. The van der Waals surface area contributed by atoms with E-state index in [2.05, 4.69) is 15.3 Å². The molecule has 0 aliphatic rings. The zero-order valence-corrected chi connectivity index (χ0v) is 12.5. The van der Waals surface area contributed by atoms with Gasteiger partial charge in [0.1, 0.15) is 11.6 Å². The van der Waals surface area contributed by atoms with E-state index in [1.807, 2.05) is 31.2 Å². The fourth-order valence-electron chi connectivity index (χ4n) is 2.06. The van der Waals surface area contributed by atoms with E-state index in [4.69, 9.17) is 4.74 Å². The van der Waals surface area contributed by atoms with E-state index >= 15 is 0 Å². The molecular formula is C15H15N3O2S. The Labute approximate surface area is 126 Å². The van der Waals surface area contributed by atoms with Crippen LogP contribution in [0.1, 0.15) is 28.5 Å². The Hall–Kier alpha value is -2.34. The summed E-state index contributed by atoms with van der Waals surface area (Å²) < 4.78 is 5.09. The number of rotatable bonds is 4. The van der Waals surface area contributed by atoms with Gasteiger partial charge in [-0.2, -0.15) is 0 Å². The van der Waals surface area contributed by atoms with Gasteiger partial charge < -0.3 is 15.0 Å². The fourth-order valence-corrected chi connectivity index (χ4v) is 2.82. The standard InChI is InChI=1S/C15H15N3O2S/c1-9(14-17-11-5-3-4-6-12(11)18-14)16-15(19)13-7-10(20-2)8-21-13/h3-9H,1-2H3,(H,16,19)(H,17,18). The quantitative estimate of drug-likeness (QED) is 0.778. The maximum absolute atomic E-state index is 12.2. The van der Waals surface area contributed by atoms with Crippen molar-refractivity contribution < 1.29 is 9.53 Å². The third kappa shape index (κ3) is 2.75. The van der Waals surface area contributed by atoms with E-state index < -0.39 is 0 Å². The second-order valence-corrected chi connectivity index (χ2v) is 5.60. The molecule has 2 aromatic heterocycles. The first-order valence-corrected chi connectivity index (χ1v) is 7.43. The van der Waals surface area contributed by atoms with Crippen molar-refractivity contribution >= 4 is 28.3 Å². The largest absolute Gasteiger partial charge is 0.496 e. The van der Waals surface area contributed by atoms with Crippen LogP contribution in [0.3, 0.4) is 0 Å². The van der Waals surface area contributed by atoms with Gasteiger partial charge in [0.25, 0.3) is 5.91 Å². The lowest BCUT2D eigenvalue weighted by Crippen LogP contribution is -2.26. The van der Waals surface area contributed by atoms with Gasteiger partial charge in [0.05, 0.1) is 29.1 Å². The van der Waals surface area contributed by atoms with E-state index in [0.29, 0.717) is 10.6 Å². The molecule has 0 spiro atoms. The summed E-state index contributed by atoms with van der Waals surface area (Å²) in [4.78, 5) is 20.5. The molecule has 1 unspecified atom stereocenters. The van der Waals surface area contributed by atoms with Crippen molar-refractivity contribution in [1.82, 2.24) is 15.3 Å². The molecule has 0 fully saturated rings. The van der Waals surface area contributed by atoms with Gasteiger partial charge in [-0.3, -0.25) is 4.79 Å². The zero-order valence-electron chi connectivity index (χ0n) is 11.7. The van der Waals surface area contributed by atoms with Gasteiger partial charge in [-0.25, -0.2) is 4.98 Å². The molecule has 3 rings (SSSR count). The Balaban J connectivity index is 1.75. The Morgan fingerprint density at radius 2 is 2.24 bits per heavy atom. The number of hydrogen-bond donors (Lipinski definition) is 2. The molecule has 108 valence electrons. The Kier molecular flexibility index (Phi) is 3.62. The smallest absolute Gasteiger partial charge is 0.262 e. The van der Waals surface area contributed by atoms with Gasteiger partial charge >= 0.3 is 0 Å². The number of nitrogens with one attached hydrogen (secondary N) is 2. The van der Waals surface area contributed by atoms with Crippen molar-refractivity contribution in [2.24, 2.45) is 0 Å². The number of fused-ring (bicyclic) bond motifs is 1. The topological polar surface area (TPSA) is 67.0 Å². The molecule has 0 aliphatic heterocycles. The minimum atomic E-state index is -0.196. The average molecular weight is 301 g/mol. The number of methoxy groups -OCH3 is 1. The predicted molar refractivity (Wildman–Crippen MR) is 82.8 cm³/mol. The lowest BCUT2D eigenvalue weighted by atomic mass is 10.3. The number of H-pyrrole nitrogens is 1. The highest BCUT2D eigenvalue weighted by Gasteiger charge is 2.16. The van der Waals surface area contributed by atoms with Gasteiger partial charge in [-0.15, -0.1) is 11.3 Å². The van der Waals surface area contributed by atoms with Gasteiger partial charge in [0, 0.05) is 11.4 Å². The predicted octanol–water partition coefficient (Wildman–Crippen LogP) is 3.12. The van der Waals surface area contributed by atoms with Gasteiger partial charge in [-0.05, 0) is 19.1 Å². The summed E-state index contributed by atoms with van der Waals surface area (Å²) in [5, 5.41) is 4.74. The number of thiophene rings is 1. The van der Waals surface area contributed by atoms with E-state index in [9.17, 15) is 4.79 Å². The van der Waals surface area contributed by atoms with Crippen LogP contribution in [0.2, 0.25) is 0 Å². The Bertz CT molecular complexity index is 745. The number of carbonyl (C=O) groups excluding carboxylic acids is 1. The minimum Gasteiger partial charge on any atom is -0.496 e.